The number of pyridine rings is 1. The average molecular weight is 256 g/mol. The summed E-state index contributed by atoms with van der Waals surface area (Å²) >= 11 is 0. The summed E-state index contributed by atoms with van der Waals surface area (Å²) < 4.78 is 5.44. The Labute approximate surface area is 114 Å². The van der Waals surface area contributed by atoms with E-state index in [4.69, 9.17) is 4.74 Å². The molecule has 100 valence electrons. The Morgan fingerprint density at radius 3 is 2.58 bits per heavy atom. The van der Waals surface area contributed by atoms with E-state index < -0.39 is 0 Å². The summed E-state index contributed by atoms with van der Waals surface area (Å²) in [5.41, 5.74) is 2.31. The van der Waals surface area contributed by atoms with E-state index in [9.17, 15) is 0 Å². The number of nitrogens with one attached hydrogen (secondary N) is 1. The van der Waals surface area contributed by atoms with E-state index in [0.29, 0.717) is 6.61 Å². The standard InChI is InChI=1S/C16H20N2O/c1-3-19-16-9-7-14(8-10-16)13(2)18-12-15-6-4-5-11-17-15/h4-11,13,18H,3,12H2,1-2H3/t13-/m1/s1. The molecule has 3 heteroatoms. The van der Waals surface area contributed by atoms with Crippen LogP contribution in [0, 0.1) is 0 Å². The molecule has 0 saturated carbocycles. The molecule has 0 fully saturated rings. The molecule has 1 aromatic carbocycles. The van der Waals surface area contributed by atoms with Gasteiger partial charge in [0.2, 0.25) is 0 Å². The first-order chi connectivity index (χ1) is 9.29. The number of rotatable bonds is 6. The fourth-order valence-corrected chi connectivity index (χ4v) is 1.90. The van der Waals surface area contributed by atoms with Gasteiger partial charge in [-0.3, -0.25) is 4.98 Å². The van der Waals surface area contributed by atoms with E-state index >= 15 is 0 Å². The van der Waals surface area contributed by atoms with Gasteiger partial charge in [-0.25, -0.2) is 0 Å². The quantitative estimate of drug-likeness (QED) is 0.860. The minimum atomic E-state index is 0.290. The van der Waals surface area contributed by atoms with Gasteiger partial charge >= 0.3 is 0 Å². The third-order valence-corrected chi connectivity index (χ3v) is 3.01. The summed E-state index contributed by atoms with van der Waals surface area (Å²) in [6.07, 6.45) is 1.82. The van der Waals surface area contributed by atoms with Crippen molar-refractivity contribution in [1.29, 1.82) is 0 Å². The predicted octanol–water partition coefficient (Wildman–Crippen LogP) is 3.33. The van der Waals surface area contributed by atoms with Crippen molar-refractivity contribution in [3.8, 4) is 5.75 Å². The lowest BCUT2D eigenvalue weighted by Gasteiger charge is -2.14. The Morgan fingerprint density at radius 1 is 1.16 bits per heavy atom. The normalized spacial score (nSPS) is 12.1. The van der Waals surface area contributed by atoms with Crippen molar-refractivity contribution in [2.45, 2.75) is 26.4 Å². The lowest BCUT2D eigenvalue weighted by Crippen LogP contribution is -2.18. The number of hydrogen-bond donors (Lipinski definition) is 1. The Kier molecular flexibility index (Phi) is 4.93. The molecule has 0 aliphatic heterocycles. The van der Waals surface area contributed by atoms with Gasteiger partial charge in [0.05, 0.1) is 12.3 Å². The molecule has 0 saturated heterocycles. The molecule has 1 N–H and O–H groups in total. The highest BCUT2D eigenvalue weighted by Gasteiger charge is 2.05. The van der Waals surface area contributed by atoms with Gasteiger partial charge in [0.1, 0.15) is 5.75 Å². The molecule has 1 aromatic heterocycles. The number of nitrogens with zero attached hydrogens (tertiary/aromatic N) is 1. The van der Waals surface area contributed by atoms with Gasteiger partial charge in [0.25, 0.3) is 0 Å². The van der Waals surface area contributed by atoms with Crippen molar-refractivity contribution in [1.82, 2.24) is 10.3 Å². The number of hydrogen-bond acceptors (Lipinski definition) is 3. The van der Waals surface area contributed by atoms with Crippen molar-refractivity contribution in [2.24, 2.45) is 0 Å². The molecule has 0 bridgehead atoms. The Balaban J connectivity index is 1.90. The van der Waals surface area contributed by atoms with Gasteiger partial charge in [-0.1, -0.05) is 18.2 Å². The maximum Gasteiger partial charge on any atom is 0.119 e. The molecule has 0 aliphatic rings. The van der Waals surface area contributed by atoms with Crippen LogP contribution < -0.4 is 10.1 Å². The number of aromatic nitrogens is 1. The largest absolute Gasteiger partial charge is 0.494 e. The number of benzene rings is 1. The molecule has 1 atom stereocenters. The van der Waals surface area contributed by atoms with Crippen LogP contribution in [0.4, 0.5) is 0 Å². The zero-order chi connectivity index (χ0) is 13.5. The van der Waals surface area contributed by atoms with Gasteiger partial charge < -0.3 is 10.1 Å². The monoisotopic (exact) mass is 256 g/mol. The van der Waals surface area contributed by atoms with Crippen LogP contribution in [0.15, 0.2) is 48.7 Å². The zero-order valence-electron chi connectivity index (χ0n) is 11.5. The Hall–Kier alpha value is -1.87. The van der Waals surface area contributed by atoms with E-state index in [0.717, 1.165) is 18.0 Å². The molecule has 1 heterocycles. The fraction of sp³-hybridized carbons (Fsp3) is 0.312. The fourth-order valence-electron chi connectivity index (χ4n) is 1.90. The molecule has 0 radical (unpaired) electrons. The third-order valence-electron chi connectivity index (χ3n) is 3.01. The third kappa shape index (κ3) is 4.07. The van der Waals surface area contributed by atoms with E-state index in [1.54, 1.807) is 0 Å². The van der Waals surface area contributed by atoms with Crippen LogP contribution in [0.2, 0.25) is 0 Å². The second kappa shape index (κ2) is 6.90. The summed E-state index contributed by atoms with van der Waals surface area (Å²) in [4.78, 5) is 4.30. The molecule has 2 aromatic rings. The highest BCUT2D eigenvalue weighted by molar-refractivity contribution is 5.29. The van der Waals surface area contributed by atoms with Gasteiger partial charge in [-0.15, -0.1) is 0 Å². The van der Waals surface area contributed by atoms with Crippen molar-refractivity contribution in [2.75, 3.05) is 6.61 Å². The highest BCUT2D eigenvalue weighted by Crippen LogP contribution is 2.17. The second-order valence-corrected chi connectivity index (χ2v) is 4.43. The summed E-state index contributed by atoms with van der Waals surface area (Å²) in [6.45, 7) is 5.62. The van der Waals surface area contributed by atoms with Crippen LogP contribution in [-0.4, -0.2) is 11.6 Å². The Bertz CT molecular complexity index is 482. The van der Waals surface area contributed by atoms with Crippen LogP contribution in [0.25, 0.3) is 0 Å². The van der Waals surface area contributed by atoms with Crippen LogP contribution in [-0.2, 0) is 6.54 Å². The van der Waals surface area contributed by atoms with E-state index in [-0.39, 0.29) is 6.04 Å². The lowest BCUT2D eigenvalue weighted by molar-refractivity contribution is 0.340. The average Bonchev–Trinajstić information content (AvgIpc) is 2.47. The van der Waals surface area contributed by atoms with Gasteiger partial charge in [0, 0.05) is 18.8 Å². The molecule has 0 spiro atoms. The lowest BCUT2D eigenvalue weighted by atomic mass is 10.1. The van der Waals surface area contributed by atoms with Crippen molar-refractivity contribution < 1.29 is 4.74 Å². The van der Waals surface area contributed by atoms with Crippen molar-refractivity contribution in [3.63, 3.8) is 0 Å². The van der Waals surface area contributed by atoms with Crippen molar-refractivity contribution in [3.05, 3.63) is 59.9 Å². The van der Waals surface area contributed by atoms with Gasteiger partial charge in [-0.2, -0.15) is 0 Å². The molecule has 2 rings (SSSR count). The van der Waals surface area contributed by atoms with E-state index in [1.807, 2.05) is 43.5 Å². The molecular weight excluding hydrogens is 236 g/mol. The predicted molar refractivity (Wildman–Crippen MR) is 77.1 cm³/mol. The first-order valence-electron chi connectivity index (χ1n) is 6.65. The molecule has 0 aliphatic carbocycles. The summed E-state index contributed by atoms with van der Waals surface area (Å²) in [7, 11) is 0. The molecule has 3 nitrogen and oxygen atoms in total. The molecule has 0 amide bonds. The summed E-state index contributed by atoms with van der Waals surface area (Å²) in [6, 6.07) is 14.5. The topological polar surface area (TPSA) is 34.1 Å². The van der Waals surface area contributed by atoms with Crippen LogP contribution in [0.1, 0.15) is 31.1 Å². The van der Waals surface area contributed by atoms with Gasteiger partial charge in [-0.05, 0) is 43.7 Å². The smallest absolute Gasteiger partial charge is 0.119 e. The SMILES string of the molecule is CCOc1ccc([C@@H](C)NCc2ccccn2)cc1. The first kappa shape index (κ1) is 13.6. The highest BCUT2D eigenvalue weighted by atomic mass is 16.5. The van der Waals surface area contributed by atoms with E-state index in [1.165, 1.54) is 5.56 Å². The summed E-state index contributed by atoms with van der Waals surface area (Å²) in [5.74, 6) is 0.920. The molecule has 0 unspecified atom stereocenters. The van der Waals surface area contributed by atoms with E-state index in [2.05, 4.69) is 29.4 Å². The Morgan fingerprint density at radius 2 is 1.95 bits per heavy atom. The van der Waals surface area contributed by atoms with Crippen LogP contribution in [0.3, 0.4) is 0 Å². The zero-order valence-corrected chi connectivity index (χ0v) is 11.5. The van der Waals surface area contributed by atoms with Crippen LogP contribution >= 0.6 is 0 Å². The minimum absolute atomic E-state index is 0.290. The second-order valence-electron chi connectivity index (χ2n) is 4.43. The van der Waals surface area contributed by atoms with Crippen molar-refractivity contribution >= 4 is 0 Å². The van der Waals surface area contributed by atoms with Gasteiger partial charge in [0.15, 0.2) is 0 Å². The summed E-state index contributed by atoms with van der Waals surface area (Å²) in [5, 5.41) is 3.46. The maximum atomic E-state index is 5.44. The number of ether oxygens (including phenoxy) is 1. The molecule has 19 heavy (non-hydrogen) atoms. The minimum Gasteiger partial charge on any atom is -0.494 e. The van der Waals surface area contributed by atoms with Crippen LogP contribution in [0.5, 0.6) is 5.75 Å². The maximum absolute atomic E-state index is 5.44. The molecular formula is C16H20N2O. The first-order valence-corrected chi connectivity index (χ1v) is 6.65.